The molecule has 2 unspecified atom stereocenters. The van der Waals surface area contributed by atoms with E-state index >= 15 is 0 Å². The van der Waals surface area contributed by atoms with Crippen molar-refractivity contribution >= 4 is 35.0 Å². The number of aliphatic hydroxyl groups is 1. The zero-order chi connectivity index (χ0) is 25.5. The van der Waals surface area contributed by atoms with Crippen molar-refractivity contribution in [3.8, 4) is 0 Å². The fourth-order valence-electron chi connectivity index (χ4n) is 6.86. The molecule has 0 aromatic heterocycles. The molecule has 1 fully saturated rings. The molecule has 1 saturated heterocycles. The number of hydrogen-bond acceptors (Lipinski definition) is 3. The second kappa shape index (κ2) is 8.03. The Morgan fingerprint density at radius 1 is 0.676 bits per heavy atom. The van der Waals surface area contributed by atoms with Gasteiger partial charge in [-0.2, -0.15) is 0 Å². The highest BCUT2D eigenvalue weighted by Crippen LogP contribution is 2.65. The smallest absolute Gasteiger partial charge is 0.237 e. The van der Waals surface area contributed by atoms with Crippen LogP contribution in [0.2, 0.25) is 10.0 Å². The summed E-state index contributed by atoms with van der Waals surface area (Å²) < 4.78 is 0. The van der Waals surface area contributed by atoms with Crippen molar-refractivity contribution < 1.29 is 14.7 Å². The maximum atomic E-state index is 14.4. The minimum Gasteiger partial charge on any atom is -0.379 e. The van der Waals surface area contributed by atoms with Crippen molar-refractivity contribution in [3.05, 3.63) is 140 Å². The fourth-order valence-corrected chi connectivity index (χ4v) is 7.44. The SMILES string of the molecule is O=C1C2C3c4c(Cl)cccc4C(O)(c4cccc(Cl)c43)C2C(=O)N1C(c1ccccc1)c1ccccc1. The van der Waals surface area contributed by atoms with E-state index in [-0.39, 0.29) is 5.91 Å². The molecule has 4 aliphatic rings. The van der Waals surface area contributed by atoms with Gasteiger partial charge in [0.25, 0.3) is 0 Å². The summed E-state index contributed by atoms with van der Waals surface area (Å²) in [5.74, 6) is -3.08. The van der Waals surface area contributed by atoms with Crippen molar-refractivity contribution in [2.45, 2.75) is 17.6 Å². The van der Waals surface area contributed by atoms with Gasteiger partial charge in [0.15, 0.2) is 0 Å². The lowest BCUT2D eigenvalue weighted by molar-refractivity contribution is -0.143. The van der Waals surface area contributed by atoms with Crippen LogP contribution in [-0.4, -0.2) is 21.8 Å². The third kappa shape index (κ3) is 2.89. The molecule has 0 saturated carbocycles. The third-order valence-electron chi connectivity index (χ3n) is 8.23. The van der Waals surface area contributed by atoms with E-state index in [1.807, 2.05) is 60.7 Å². The van der Waals surface area contributed by atoms with Gasteiger partial charge in [0.05, 0.1) is 17.9 Å². The number of imide groups is 1. The van der Waals surface area contributed by atoms with Crippen molar-refractivity contribution in [2.24, 2.45) is 11.8 Å². The van der Waals surface area contributed by atoms with E-state index in [0.717, 1.165) is 11.1 Å². The highest BCUT2D eigenvalue weighted by atomic mass is 35.5. The minimum atomic E-state index is -1.74. The molecule has 8 rings (SSSR count). The van der Waals surface area contributed by atoms with Gasteiger partial charge in [-0.25, -0.2) is 0 Å². The normalized spacial score (nSPS) is 25.3. The molecule has 6 heteroatoms. The molecule has 182 valence electrons. The number of benzene rings is 4. The number of rotatable bonds is 3. The maximum Gasteiger partial charge on any atom is 0.237 e. The molecule has 0 radical (unpaired) electrons. The average molecular weight is 526 g/mol. The number of amides is 2. The van der Waals surface area contributed by atoms with Crippen LogP contribution in [0.4, 0.5) is 0 Å². The number of carbonyl (C=O) groups is 2. The van der Waals surface area contributed by atoms with Crippen LogP contribution in [-0.2, 0) is 15.2 Å². The molecule has 3 aliphatic carbocycles. The molecule has 1 N–H and O–H groups in total. The average Bonchev–Trinajstić information content (AvgIpc) is 3.18. The predicted molar refractivity (Wildman–Crippen MR) is 141 cm³/mol. The van der Waals surface area contributed by atoms with E-state index in [1.165, 1.54) is 4.90 Å². The monoisotopic (exact) mass is 525 g/mol. The van der Waals surface area contributed by atoms with Gasteiger partial charge in [0, 0.05) is 16.0 Å². The first-order valence-electron chi connectivity index (χ1n) is 12.2. The largest absolute Gasteiger partial charge is 0.379 e. The summed E-state index contributed by atoms with van der Waals surface area (Å²) in [5, 5.41) is 13.5. The second-order valence-electron chi connectivity index (χ2n) is 9.92. The van der Waals surface area contributed by atoms with E-state index in [1.54, 1.807) is 36.4 Å². The highest BCUT2D eigenvalue weighted by Gasteiger charge is 2.69. The number of likely N-dealkylation sites (tertiary alicyclic amines) is 1. The molecule has 4 aromatic rings. The fraction of sp³-hybridized carbons (Fsp3) is 0.161. The summed E-state index contributed by atoms with van der Waals surface area (Å²) in [6.45, 7) is 0. The lowest BCUT2D eigenvalue weighted by Gasteiger charge is -2.51. The van der Waals surface area contributed by atoms with Crippen LogP contribution in [0.25, 0.3) is 0 Å². The minimum absolute atomic E-state index is 0.327. The Kier molecular flexibility index (Phi) is 4.93. The standard InChI is InChI=1S/C31H21Cl2NO3/c32-21-15-7-13-19-23(21)25-24-20(14-8-16-22(24)33)31(19,37)27-26(25)29(35)34(30(27)36)28(17-9-3-1-4-10-17)18-11-5-2-6-12-18/h1-16,25-28,37H. The molecule has 1 heterocycles. The van der Waals surface area contributed by atoms with Gasteiger partial charge < -0.3 is 5.11 Å². The summed E-state index contributed by atoms with van der Waals surface area (Å²) >= 11 is 13.4. The molecule has 37 heavy (non-hydrogen) atoms. The molecule has 0 spiro atoms. The number of halogens is 2. The van der Waals surface area contributed by atoms with Crippen LogP contribution in [0.15, 0.2) is 97.1 Å². The zero-order valence-corrected chi connectivity index (χ0v) is 21.0. The molecular weight excluding hydrogens is 505 g/mol. The Hall–Kier alpha value is -3.44. The molecule has 2 bridgehead atoms. The Morgan fingerprint density at radius 3 is 1.65 bits per heavy atom. The zero-order valence-electron chi connectivity index (χ0n) is 19.5. The molecular formula is C31H21Cl2NO3. The van der Waals surface area contributed by atoms with Gasteiger partial charge in [-0.15, -0.1) is 0 Å². The molecule has 4 aromatic carbocycles. The van der Waals surface area contributed by atoms with E-state index in [9.17, 15) is 14.7 Å². The number of hydrogen-bond donors (Lipinski definition) is 1. The summed E-state index contributed by atoms with van der Waals surface area (Å²) in [6.07, 6.45) is 0. The highest BCUT2D eigenvalue weighted by molar-refractivity contribution is 6.33. The molecule has 2 atom stereocenters. The van der Waals surface area contributed by atoms with E-state index < -0.39 is 35.3 Å². The molecule has 4 nitrogen and oxygen atoms in total. The van der Waals surface area contributed by atoms with Crippen molar-refractivity contribution in [3.63, 3.8) is 0 Å². The van der Waals surface area contributed by atoms with Crippen molar-refractivity contribution in [2.75, 3.05) is 0 Å². The topological polar surface area (TPSA) is 57.6 Å². The van der Waals surface area contributed by atoms with Gasteiger partial charge in [0.1, 0.15) is 5.60 Å². The first-order valence-corrected chi connectivity index (χ1v) is 13.0. The van der Waals surface area contributed by atoms with Crippen molar-refractivity contribution in [1.82, 2.24) is 4.90 Å². The summed E-state index contributed by atoms with van der Waals surface area (Å²) in [7, 11) is 0. The lowest BCUT2D eigenvalue weighted by atomic mass is 9.52. The Balaban J connectivity index is 1.48. The van der Waals surface area contributed by atoms with Gasteiger partial charge >= 0.3 is 0 Å². The van der Waals surface area contributed by atoms with Gasteiger partial charge in [0.2, 0.25) is 11.8 Å². The first-order chi connectivity index (χ1) is 17.9. The van der Waals surface area contributed by atoms with Gasteiger partial charge in [-0.1, -0.05) is 108 Å². The van der Waals surface area contributed by atoms with Crippen LogP contribution in [0.1, 0.15) is 45.3 Å². The first kappa shape index (κ1) is 22.7. The van der Waals surface area contributed by atoms with Crippen LogP contribution < -0.4 is 0 Å². The van der Waals surface area contributed by atoms with Gasteiger partial charge in [-0.3, -0.25) is 14.5 Å². The third-order valence-corrected chi connectivity index (χ3v) is 8.89. The summed E-state index contributed by atoms with van der Waals surface area (Å²) in [4.78, 5) is 30.2. The second-order valence-corrected chi connectivity index (χ2v) is 10.7. The lowest BCUT2D eigenvalue weighted by Crippen LogP contribution is -2.53. The molecule has 2 amide bonds. The maximum absolute atomic E-state index is 14.4. The van der Waals surface area contributed by atoms with E-state index in [4.69, 9.17) is 23.2 Å². The van der Waals surface area contributed by atoms with Crippen molar-refractivity contribution in [1.29, 1.82) is 0 Å². The Morgan fingerprint density at radius 2 is 1.16 bits per heavy atom. The summed E-state index contributed by atoms with van der Waals surface area (Å²) in [6, 6.07) is 29.1. The predicted octanol–water partition coefficient (Wildman–Crippen LogP) is 6.08. The van der Waals surface area contributed by atoms with Crippen LogP contribution in [0.5, 0.6) is 0 Å². The Bertz CT molecular complexity index is 1490. The van der Waals surface area contributed by atoms with Gasteiger partial charge in [-0.05, 0) is 45.5 Å². The quantitative estimate of drug-likeness (QED) is 0.330. The Labute approximate surface area is 224 Å². The van der Waals surface area contributed by atoms with E-state index in [2.05, 4.69) is 0 Å². The summed E-state index contributed by atoms with van der Waals surface area (Å²) in [5.41, 5.74) is 2.39. The van der Waals surface area contributed by atoms with Crippen LogP contribution >= 0.6 is 23.2 Å². The molecule has 1 aliphatic heterocycles. The van der Waals surface area contributed by atoms with Crippen LogP contribution in [0.3, 0.4) is 0 Å². The number of nitrogens with zero attached hydrogens (tertiary/aromatic N) is 1. The van der Waals surface area contributed by atoms with E-state index in [0.29, 0.717) is 32.3 Å². The number of carbonyl (C=O) groups excluding carboxylic acids is 2. The van der Waals surface area contributed by atoms with Crippen LogP contribution in [0, 0.1) is 11.8 Å².